The van der Waals surface area contributed by atoms with Crippen LogP contribution in [0.5, 0.6) is 0 Å². The van der Waals surface area contributed by atoms with Gasteiger partial charge in [-0.3, -0.25) is 4.79 Å². The van der Waals surface area contributed by atoms with Gasteiger partial charge in [0, 0.05) is 6.42 Å². The van der Waals surface area contributed by atoms with E-state index in [-0.39, 0.29) is 12.2 Å². The predicted octanol–water partition coefficient (Wildman–Crippen LogP) is 1.12. The van der Waals surface area contributed by atoms with Gasteiger partial charge in [0.2, 0.25) is 0 Å². The van der Waals surface area contributed by atoms with Crippen molar-refractivity contribution in [1.29, 1.82) is 0 Å². The van der Waals surface area contributed by atoms with E-state index in [2.05, 4.69) is 0 Å². The summed E-state index contributed by atoms with van der Waals surface area (Å²) in [6, 6.07) is 0. The van der Waals surface area contributed by atoms with Crippen LogP contribution in [0.1, 0.15) is 25.7 Å². The van der Waals surface area contributed by atoms with E-state index in [0.717, 1.165) is 19.3 Å². The molecule has 0 radical (unpaired) electrons. The Morgan fingerprint density at radius 3 is 2.58 bits per heavy atom. The van der Waals surface area contributed by atoms with E-state index >= 15 is 0 Å². The molecule has 1 saturated heterocycles. The Labute approximate surface area is 72.0 Å². The van der Waals surface area contributed by atoms with Crippen molar-refractivity contribution in [2.75, 3.05) is 13.2 Å². The van der Waals surface area contributed by atoms with E-state index in [0.29, 0.717) is 25.4 Å². The monoisotopic (exact) mass is 170 g/mol. The van der Waals surface area contributed by atoms with Crippen LogP contribution in [0.15, 0.2) is 0 Å². The molecule has 3 nitrogen and oxygen atoms in total. The number of carbonyl (C=O) groups excluding carboxylic acids is 1. The number of carbonyl (C=O) groups is 1. The minimum absolute atomic E-state index is 0.0289. The van der Waals surface area contributed by atoms with Gasteiger partial charge in [0.25, 0.3) is 0 Å². The summed E-state index contributed by atoms with van der Waals surface area (Å²) in [4.78, 5) is 11.4. The molecule has 2 fully saturated rings. The van der Waals surface area contributed by atoms with Crippen LogP contribution in [0.2, 0.25) is 0 Å². The van der Waals surface area contributed by atoms with Crippen LogP contribution in [-0.4, -0.2) is 25.3 Å². The standard InChI is InChI=1S/C9H14O3/c10-8-4-2-1-3-7(8)9-11-5-6-12-9/h7,9H,1-6H2. The molecule has 1 saturated carbocycles. The molecule has 1 aliphatic carbocycles. The molecule has 1 atom stereocenters. The van der Waals surface area contributed by atoms with Crippen LogP contribution >= 0.6 is 0 Å². The second kappa shape index (κ2) is 3.54. The van der Waals surface area contributed by atoms with E-state index < -0.39 is 0 Å². The van der Waals surface area contributed by atoms with Crippen molar-refractivity contribution in [2.24, 2.45) is 5.92 Å². The van der Waals surface area contributed by atoms with Gasteiger partial charge in [-0.1, -0.05) is 6.42 Å². The summed E-state index contributed by atoms with van der Waals surface area (Å²) >= 11 is 0. The lowest BCUT2D eigenvalue weighted by Gasteiger charge is -2.24. The van der Waals surface area contributed by atoms with Crippen LogP contribution in [0.25, 0.3) is 0 Å². The van der Waals surface area contributed by atoms with Crippen LogP contribution < -0.4 is 0 Å². The van der Waals surface area contributed by atoms with Crippen molar-refractivity contribution in [2.45, 2.75) is 32.0 Å². The summed E-state index contributed by atoms with van der Waals surface area (Å²) < 4.78 is 10.6. The van der Waals surface area contributed by atoms with Gasteiger partial charge in [-0.2, -0.15) is 0 Å². The summed E-state index contributed by atoms with van der Waals surface area (Å²) in [6.45, 7) is 1.29. The number of ketones is 1. The maximum absolute atomic E-state index is 11.4. The minimum atomic E-state index is -0.224. The molecule has 0 bridgehead atoms. The Morgan fingerprint density at radius 1 is 1.17 bits per heavy atom. The zero-order valence-corrected chi connectivity index (χ0v) is 7.12. The van der Waals surface area contributed by atoms with Crippen molar-refractivity contribution < 1.29 is 14.3 Å². The highest BCUT2D eigenvalue weighted by molar-refractivity contribution is 5.82. The number of Topliss-reactive ketones (excluding diaryl/α,β-unsaturated/α-hetero) is 1. The number of ether oxygens (including phenoxy) is 2. The lowest BCUT2D eigenvalue weighted by molar-refractivity contribution is -0.142. The number of hydrogen-bond donors (Lipinski definition) is 0. The largest absolute Gasteiger partial charge is 0.349 e. The second-order valence-corrected chi connectivity index (χ2v) is 3.43. The summed E-state index contributed by atoms with van der Waals surface area (Å²) in [6.07, 6.45) is 3.62. The normalized spacial score (nSPS) is 32.7. The smallest absolute Gasteiger partial charge is 0.167 e. The minimum Gasteiger partial charge on any atom is -0.349 e. The summed E-state index contributed by atoms with van der Waals surface area (Å²) in [5, 5.41) is 0. The summed E-state index contributed by atoms with van der Waals surface area (Å²) in [7, 11) is 0. The highest BCUT2D eigenvalue weighted by Crippen LogP contribution is 2.27. The lowest BCUT2D eigenvalue weighted by atomic mass is 9.87. The fourth-order valence-electron chi connectivity index (χ4n) is 1.91. The van der Waals surface area contributed by atoms with Crippen LogP contribution in [0, 0.1) is 5.92 Å². The van der Waals surface area contributed by atoms with Crippen LogP contribution in [0.3, 0.4) is 0 Å². The Hall–Kier alpha value is -0.410. The first kappa shape index (κ1) is 8.20. The molecule has 0 aromatic heterocycles. The lowest BCUT2D eigenvalue weighted by Crippen LogP contribution is -2.31. The molecule has 1 heterocycles. The van der Waals surface area contributed by atoms with Crippen LogP contribution in [0.4, 0.5) is 0 Å². The topological polar surface area (TPSA) is 35.5 Å². The van der Waals surface area contributed by atoms with Gasteiger partial charge in [-0.15, -0.1) is 0 Å². The van der Waals surface area contributed by atoms with Crippen molar-refractivity contribution in [3.05, 3.63) is 0 Å². The van der Waals surface area contributed by atoms with Gasteiger partial charge >= 0.3 is 0 Å². The Kier molecular flexibility index (Phi) is 2.42. The third-order valence-corrected chi connectivity index (χ3v) is 2.58. The molecule has 0 aromatic carbocycles. The van der Waals surface area contributed by atoms with Gasteiger partial charge in [-0.05, 0) is 12.8 Å². The Morgan fingerprint density at radius 2 is 1.92 bits per heavy atom. The van der Waals surface area contributed by atoms with Gasteiger partial charge in [0.05, 0.1) is 19.1 Å². The van der Waals surface area contributed by atoms with Gasteiger partial charge < -0.3 is 9.47 Å². The zero-order chi connectivity index (χ0) is 8.39. The molecule has 1 aliphatic heterocycles. The molecule has 12 heavy (non-hydrogen) atoms. The van der Waals surface area contributed by atoms with Crippen molar-refractivity contribution in [3.8, 4) is 0 Å². The Bertz CT molecular complexity index is 173. The SMILES string of the molecule is O=C1CCCCC1C1OCCO1. The molecule has 2 rings (SSSR count). The fourth-order valence-corrected chi connectivity index (χ4v) is 1.91. The molecule has 0 amide bonds. The first-order chi connectivity index (χ1) is 5.88. The molecule has 0 spiro atoms. The van der Waals surface area contributed by atoms with Crippen molar-refractivity contribution >= 4 is 5.78 Å². The second-order valence-electron chi connectivity index (χ2n) is 3.43. The van der Waals surface area contributed by atoms with E-state index in [9.17, 15) is 4.79 Å². The average molecular weight is 170 g/mol. The fraction of sp³-hybridized carbons (Fsp3) is 0.889. The van der Waals surface area contributed by atoms with E-state index in [1.807, 2.05) is 0 Å². The third kappa shape index (κ3) is 1.52. The number of hydrogen-bond acceptors (Lipinski definition) is 3. The molecule has 3 heteroatoms. The summed E-state index contributed by atoms with van der Waals surface area (Å²) in [5.41, 5.74) is 0. The first-order valence-electron chi connectivity index (χ1n) is 4.64. The van der Waals surface area contributed by atoms with E-state index in [4.69, 9.17) is 9.47 Å². The average Bonchev–Trinajstić information content (AvgIpc) is 2.57. The molecule has 68 valence electrons. The highest BCUT2D eigenvalue weighted by Gasteiger charge is 2.33. The third-order valence-electron chi connectivity index (χ3n) is 2.58. The molecule has 0 N–H and O–H groups in total. The molecular formula is C9H14O3. The van der Waals surface area contributed by atoms with Gasteiger partial charge in [0.15, 0.2) is 6.29 Å². The number of rotatable bonds is 1. The molecule has 0 aromatic rings. The molecule has 1 unspecified atom stereocenters. The molecule has 2 aliphatic rings. The zero-order valence-electron chi connectivity index (χ0n) is 7.12. The maximum atomic E-state index is 11.4. The predicted molar refractivity (Wildman–Crippen MR) is 42.7 cm³/mol. The first-order valence-corrected chi connectivity index (χ1v) is 4.64. The quantitative estimate of drug-likeness (QED) is 0.591. The van der Waals surface area contributed by atoms with Crippen LogP contribution in [-0.2, 0) is 14.3 Å². The van der Waals surface area contributed by atoms with E-state index in [1.54, 1.807) is 0 Å². The highest BCUT2D eigenvalue weighted by atomic mass is 16.7. The van der Waals surface area contributed by atoms with Gasteiger partial charge in [-0.25, -0.2) is 0 Å². The van der Waals surface area contributed by atoms with E-state index in [1.165, 1.54) is 0 Å². The maximum Gasteiger partial charge on any atom is 0.167 e. The van der Waals surface area contributed by atoms with Crippen molar-refractivity contribution in [1.82, 2.24) is 0 Å². The Balaban J connectivity index is 1.95. The van der Waals surface area contributed by atoms with Gasteiger partial charge in [0.1, 0.15) is 5.78 Å². The van der Waals surface area contributed by atoms with Crippen molar-refractivity contribution in [3.63, 3.8) is 0 Å². The molecular weight excluding hydrogens is 156 g/mol. The summed E-state index contributed by atoms with van der Waals surface area (Å²) in [5.74, 6) is 0.356.